The molecule has 3 heterocycles. The van der Waals surface area contributed by atoms with Crippen LogP contribution in [-0.2, 0) is 0 Å². The van der Waals surface area contributed by atoms with Crippen molar-refractivity contribution in [2.75, 3.05) is 44.2 Å². The molecule has 1 fully saturated rings. The van der Waals surface area contributed by atoms with E-state index in [0.717, 1.165) is 49.8 Å². The molecule has 0 spiro atoms. The molecule has 4 rings (SSSR count). The summed E-state index contributed by atoms with van der Waals surface area (Å²) < 4.78 is 7.72. The summed E-state index contributed by atoms with van der Waals surface area (Å²) in [5, 5.41) is 16.0. The van der Waals surface area contributed by atoms with E-state index in [9.17, 15) is 0 Å². The third kappa shape index (κ3) is 4.52. The van der Waals surface area contributed by atoms with Crippen LogP contribution in [0.4, 0.5) is 5.69 Å². The minimum absolute atomic E-state index is 0.352. The Balaban J connectivity index is 1.23. The monoisotopic (exact) mass is 419 g/mol. The Morgan fingerprint density at radius 1 is 0.929 bits per heavy atom. The summed E-state index contributed by atoms with van der Waals surface area (Å²) in [5.41, 5.74) is 1.84. The zero-order chi connectivity index (χ0) is 19.3. The van der Waals surface area contributed by atoms with Gasteiger partial charge in [0.2, 0.25) is 0 Å². The standard InChI is InChI=1S/C18H19Cl2N7O/c19-17-11-16(18(20)24-23-17)26-7-5-25(6-8-26)9-10-28-15-3-1-14(2-4-15)27-12-21-22-13-27/h1-4,11-13H,5-10H2. The van der Waals surface area contributed by atoms with Crippen LogP contribution >= 0.6 is 23.2 Å². The number of halogens is 2. The molecule has 0 bridgehead atoms. The number of anilines is 1. The van der Waals surface area contributed by atoms with Crippen molar-refractivity contribution in [2.45, 2.75) is 0 Å². The van der Waals surface area contributed by atoms with Crippen LogP contribution in [0.25, 0.3) is 5.69 Å². The van der Waals surface area contributed by atoms with Crippen molar-refractivity contribution < 1.29 is 4.74 Å². The van der Waals surface area contributed by atoms with E-state index in [0.29, 0.717) is 16.9 Å². The second-order valence-electron chi connectivity index (χ2n) is 6.38. The Morgan fingerprint density at radius 3 is 2.36 bits per heavy atom. The molecule has 0 radical (unpaired) electrons. The van der Waals surface area contributed by atoms with E-state index in [1.54, 1.807) is 18.7 Å². The largest absolute Gasteiger partial charge is 0.492 e. The first-order valence-corrected chi connectivity index (χ1v) is 9.68. The van der Waals surface area contributed by atoms with E-state index in [4.69, 9.17) is 27.9 Å². The minimum atomic E-state index is 0.352. The van der Waals surface area contributed by atoms with E-state index in [1.807, 2.05) is 28.8 Å². The Labute approximate surface area is 172 Å². The molecule has 146 valence electrons. The van der Waals surface area contributed by atoms with Gasteiger partial charge in [-0.25, -0.2) is 0 Å². The molecule has 28 heavy (non-hydrogen) atoms. The van der Waals surface area contributed by atoms with Crippen LogP contribution in [0, 0.1) is 0 Å². The molecule has 0 atom stereocenters. The fourth-order valence-electron chi connectivity index (χ4n) is 3.12. The van der Waals surface area contributed by atoms with E-state index >= 15 is 0 Å². The van der Waals surface area contributed by atoms with Crippen LogP contribution in [0.1, 0.15) is 0 Å². The molecular formula is C18H19Cl2N7O. The summed E-state index contributed by atoms with van der Waals surface area (Å²) in [6, 6.07) is 9.63. The van der Waals surface area contributed by atoms with Crippen LogP contribution in [0.3, 0.4) is 0 Å². The lowest BCUT2D eigenvalue weighted by molar-refractivity contribution is 0.200. The topological polar surface area (TPSA) is 72.2 Å². The lowest BCUT2D eigenvalue weighted by Crippen LogP contribution is -2.47. The van der Waals surface area contributed by atoms with Gasteiger partial charge in [-0.15, -0.1) is 20.4 Å². The molecule has 1 aromatic carbocycles. The highest BCUT2D eigenvalue weighted by Gasteiger charge is 2.20. The summed E-state index contributed by atoms with van der Waals surface area (Å²) in [5.74, 6) is 0.847. The molecule has 0 saturated carbocycles. The highest BCUT2D eigenvalue weighted by molar-refractivity contribution is 6.33. The van der Waals surface area contributed by atoms with Crippen LogP contribution in [0.2, 0.25) is 10.3 Å². The molecule has 0 amide bonds. The van der Waals surface area contributed by atoms with E-state index in [2.05, 4.69) is 30.2 Å². The third-order valence-corrected chi connectivity index (χ3v) is 5.10. The van der Waals surface area contributed by atoms with Gasteiger partial charge in [0.15, 0.2) is 10.3 Å². The highest BCUT2D eigenvalue weighted by atomic mass is 35.5. The fraction of sp³-hybridized carbons (Fsp3) is 0.333. The van der Waals surface area contributed by atoms with E-state index in [-0.39, 0.29) is 0 Å². The third-order valence-electron chi connectivity index (χ3n) is 4.64. The Morgan fingerprint density at radius 2 is 1.64 bits per heavy atom. The number of nitrogens with zero attached hydrogens (tertiary/aromatic N) is 7. The summed E-state index contributed by atoms with van der Waals surface area (Å²) in [4.78, 5) is 4.55. The van der Waals surface area contributed by atoms with Gasteiger partial charge in [0.25, 0.3) is 0 Å². The number of hydrogen-bond donors (Lipinski definition) is 0. The molecule has 2 aromatic heterocycles. The lowest BCUT2D eigenvalue weighted by atomic mass is 10.3. The van der Waals surface area contributed by atoms with Crippen LogP contribution in [-0.4, -0.2) is 69.2 Å². The van der Waals surface area contributed by atoms with Crippen molar-refractivity contribution in [1.82, 2.24) is 29.9 Å². The van der Waals surface area contributed by atoms with E-state index < -0.39 is 0 Å². The lowest BCUT2D eigenvalue weighted by Gasteiger charge is -2.36. The molecular weight excluding hydrogens is 401 g/mol. The van der Waals surface area contributed by atoms with Gasteiger partial charge in [0.05, 0.1) is 5.69 Å². The predicted octanol–water partition coefficient (Wildman–Crippen LogP) is 2.57. The number of ether oxygens (including phenoxy) is 1. The summed E-state index contributed by atoms with van der Waals surface area (Å²) in [6.45, 7) is 5.06. The van der Waals surface area contributed by atoms with Crippen molar-refractivity contribution in [3.05, 3.63) is 53.3 Å². The van der Waals surface area contributed by atoms with Crippen LogP contribution < -0.4 is 9.64 Å². The average Bonchev–Trinajstić information content (AvgIpc) is 3.26. The first-order valence-electron chi connectivity index (χ1n) is 8.93. The van der Waals surface area contributed by atoms with Gasteiger partial charge >= 0.3 is 0 Å². The molecule has 8 nitrogen and oxygen atoms in total. The molecule has 0 unspecified atom stereocenters. The molecule has 3 aromatic rings. The zero-order valence-corrected chi connectivity index (χ0v) is 16.6. The van der Waals surface area contributed by atoms with Gasteiger partial charge in [-0.05, 0) is 24.3 Å². The second kappa shape index (κ2) is 8.72. The number of aromatic nitrogens is 5. The smallest absolute Gasteiger partial charge is 0.175 e. The summed E-state index contributed by atoms with van der Waals surface area (Å²) >= 11 is 12.1. The second-order valence-corrected chi connectivity index (χ2v) is 7.13. The summed E-state index contributed by atoms with van der Waals surface area (Å²) in [6.07, 6.45) is 3.33. The van der Waals surface area contributed by atoms with Crippen molar-refractivity contribution in [1.29, 1.82) is 0 Å². The van der Waals surface area contributed by atoms with Crippen LogP contribution in [0.5, 0.6) is 5.75 Å². The first-order chi connectivity index (χ1) is 13.7. The SMILES string of the molecule is Clc1cc(N2CCN(CCOc3ccc(-n4cnnc4)cc3)CC2)c(Cl)nn1. The maximum Gasteiger partial charge on any atom is 0.175 e. The molecule has 1 saturated heterocycles. The Bertz CT molecular complexity index is 897. The minimum Gasteiger partial charge on any atom is -0.492 e. The van der Waals surface area contributed by atoms with Crippen molar-refractivity contribution >= 4 is 28.9 Å². The zero-order valence-electron chi connectivity index (χ0n) is 15.1. The molecule has 1 aliphatic heterocycles. The van der Waals surface area contributed by atoms with Gasteiger partial charge in [-0.2, -0.15) is 0 Å². The normalized spacial score (nSPS) is 15.0. The van der Waals surface area contributed by atoms with Crippen molar-refractivity contribution in [3.63, 3.8) is 0 Å². The van der Waals surface area contributed by atoms with Crippen molar-refractivity contribution in [3.8, 4) is 11.4 Å². The number of rotatable bonds is 6. The maximum atomic E-state index is 6.15. The van der Waals surface area contributed by atoms with Gasteiger partial charge in [-0.3, -0.25) is 9.47 Å². The highest BCUT2D eigenvalue weighted by Crippen LogP contribution is 2.26. The average molecular weight is 420 g/mol. The summed E-state index contributed by atoms with van der Waals surface area (Å²) in [7, 11) is 0. The Hall–Kier alpha value is -2.42. The molecule has 1 aliphatic rings. The quantitative estimate of drug-likeness (QED) is 0.607. The molecule has 0 aliphatic carbocycles. The fourth-order valence-corrected chi connectivity index (χ4v) is 3.47. The van der Waals surface area contributed by atoms with E-state index in [1.165, 1.54) is 0 Å². The Kier molecular flexibility index (Phi) is 5.90. The van der Waals surface area contributed by atoms with Gasteiger partial charge < -0.3 is 9.64 Å². The van der Waals surface area contributed by atoms with Gasteiger partial charge in [0, 0.05) is 44.5 Å². The number of benzene rings is 1. The first kappa shape index (κ1) is 18.9. The predicted molar refractivity (Wildman–Crippen MR) is 108 cm³/mol. The maximum absolute atomic E-state index is 6.15. The number of piperazine rings is 1. The van der Waals surface area contributed by atoms with Gasteiger partial charge in [-0.1, -0.05) is 23.2 Å². The van der Waals surface area contributed by atoms with Crippen molar-refractivity contribution in [2.24, 2.45) is 0 Å². The van der Waals surface area contributed by atoms with Crippen LogP contribution in [0.15, 0.2) is 43.0 Å². The number of hydrogen-bond acceptors (Lipinski definition) is 7. The van der Waals surface area contributed by atoms with Gasteiger partial charge in [0.1, 0.15) is 25.0 Å². The molecule has 0 N–H and O–H groups in total. The molecule has 10 heteroatoms.